The van der Waals surface area contributed by atoms with E-state index < -0.39 is 18.0 Å². The number of nitrogens with one attached hydrogen (secondary N) is 1. The number of hydrogen-bond donors (Lipinski definition) is 1. The van der Waals surface area contributed by atoms with Crippen LogP contribution in [0.15, 0.2) is 41.0 Å². The smallest absolute Gasteiger partial charge is 0.459 e. The van der Waals surface area contributed by atoms with E-state index in [2.05, 4.69) is 5.32 Å². The highest BCUT2D eigenvalue weighted by molar-refractivity contribution is 6.03. The number of aryl methyl sites for hydroxylation is 1. The van der Waals surface area contributed by atoms with E-state index in [4.69, 9.17) is 4.42 Å². The Morgan fingerprint density at radius 3 is 2.46 bits per heavy atom. The van der Waals surface area contributed by atoms with Gasteiger partial charge in [0.05, 0.1) is 6.26 Å². The van der Waals surface area contributed by atoms with Crippen molar-refractivity contribution in [1.82, 2.24) is 0 Å². The second-order valence-electron chi connectivity index (χ2n) is 4.98. The molecule has 2 rings (SSSR count). The van der Waals surface area contributed by atoms with Gasteiger partial charge in [-0.1, -0.05) is 0 Å². The lowest BCUT2D eigenvalue weighted by Crippen LogP contribution is -2.41. The molecule has 0 aliphatic heterocycles. The number of benzene rings is 1. The molecule has 0 aliphatic rings. The Kier molecular flexibility index (Phi) is 4.96. The molecule has 0 spiro atoms. The number of nitrogens with zero attached hydrogens (tertiary/aromatic N) is 1. The molecule has 8 heteroatoms. The van der Waals surface area contributed by atoms with Crippen LogP contribution in [0.5, 0.6) is 0 Å². The van der Waals surface area contributed by atoms with Crippen molar-refractivity contribution in [2.24, 2.45) is 0 Å². The first-order valence-electron chi connectivity index (χ1n) is 7.08. The minimum atomic E-state index is -4.95. The lowest BCUT2D eigenvalue weighted by atomic mass is 10.1. The molecule has 0 aliphatic carbocycles. The fourth-order valence-electron chi connectivity index (χ4n) is 2.14. The summed E-state index contributed by atoms with van der Waals surface area (Å²) in [6.07, 6.45) is -3.59. The fraction of sp³-hybridized carbons (Fsp3) is 0.250. The summed E-state index contributed by atoms with van der Waals surface area (Å²) in [5.41, 5.74) is 1.03. The molecule has 1 heterocycles. The van der Waals surface area contributed by atoms with Crippen molar-refractivity contribution in [2.75, 3.05) is 16.8 Å². The second-order valence-corrected chi connectivity index (χ2v) is 4.98. The van der Waals surface area contributed by atoms with Crippen molar-refractivity contribution in [3.05, 3.63) is 47.9 Å². The highest BCUT2D eigenvalue weighted by atomic mass is 19.4. The van der Waals surface area contributed by atoms with Gasteiger partial charge in [-0.25, -0.2) is 0 Å². The van der Waals surface area contributed by atoms with Crippen LogP contribution in [0, 0.1) is 6.92 Å². The largest absolute Gasteiger partial charge is 0.471 e. The summed E-state index contributed by atoms with van der Waals surface area (Å²) in [5.74, 6) is -2.30. The molecule has 2 amide bonds. The molecule has 0 radical (unpaired) electrons. The van der Waals surface area contributed by atoms with Gasteiger partial charge in [0.2, 0.25) is 0 Å². The molecule has 0 unspecified atom stereocenters. The average molecular weight is 340 g/mol. The number of furan rings is 1. The van der Waals surface area contributed by atoms with Crippen LogP contribution >= 0.6 is 0 Å². The van der Waals surface area contributed by atoms with Crippen LogP contribution in [0.4, 0.5) is 24.5 Å². The lowest BCUT2D eigenvalue weighted by molar-refractivity contribution is -0.170. The van der Waals surface area contributed by atoms with E-state index in [1.165, 1.54) is 37.5 Å². The normalized spacial score (nSPS) is 11.2. The fourth-order valence-corrected chi connectivity index (χ4v) is 2.14. The maximum absolute atomic E-state index is 12.6. The first kappa shape index (κ1) is 17.6. The summed E-state index contributed by atoms with van der Waals surface area (Å²) in [6, 6.07) is 7.24. The molecule has 0 atom stereocenters. The number of alkyl halides is 3. The minimum absolute atomic E-state index is 0.105. The Balaban J connectivity index is 2.22. The lowest BCUT2D eigenvalue weighted by Gasteiger charge is -2.23. The van der Waals surface area contributed by atoms with Crippen LogP contribution in [-0.4, -0.2) is 24.5 Å². The Morgan fingerprint density at radius 2 is 1.96 bits per heavy atom. The summed E-state index contributed by atoms with van der Waals surface area (Å²) in [4.78, 5) is 24.0. The molecule has 2 aromatic rings. The highest BCUT2D eigenvalue weighted by Gasteiger charge is 2.42. The molecule has 1 aromatic heterocycles. The third-order valence-corrected chi connectivity index (χ3v) is 3.32. The maximum Gasteiger partial charge on any atom is 0.471 e. The van der Waals surface area contributed by atoms with E-state index in [0.717, 1.165) is 0 Å². The van der Waals surface area contributed by atoms with Crippen molar-refractivity contribution < 1.29 is 27.2 Å². The summed E-state index contributed by atoms with van der Waals surface area (Å²) in [6.45, 7) is 2.94. The third kappa shape index (κ3) is 3.76. The zero-order chi connectivity index (χ0) is 17.9. The van der Waals surface area contributed by atoms with Gasteiger partial charge in [-0.15, -0.1) is 0 Å². The number of anilines is 2. The molecule has 5 nitrogen and oxygen atoms in total. The van der Waals surface area contributed by atoms with Gasteiger partial charge in [0.25, 0.3) is 5.91 Å². The standard InChI is InChI=1S/C16H15F3N2O3/c1-3-21(15(23)16(17,18)19)11-6-7-12(10(2)9-11)20-14(22)13-5-4-8-24-13/h4-9H,3H2,1-2H3,(H,20,22). The quantitative estimate of drug-likeness (QED) is 0.922. The molecule has 0 bridgehead atoms. The molecule has 1 aromatic carbocycles. The molecular formula is C16H15F3N2O3. The molecule has 0 saturated heterocycles. The van der Waals surface area contributed by atoms with Crippen LogP contribution in [-0.2, 0) is 4.79 Å². The molecular weight excluding hydrogens is 325 g/mol. The monoisotopic (exact) mass is 340 g/mol. The van der Waals surface area contributed by atoms with Crippen LogP contribution in [0.25, 0.3) is 0 Å². The van der Waals surface area contributed by atoms with Crippen molar-refractivity contribution in [3.63, 3.8) is 0 Å². The first-order chi connectivity index (χ1) is 11.2. The number of amides is 2. The Labute approximate surface area is 136 Å². The van der Waals surface area contributed by atoms with Gasteiger partial charge in [0.15, 0.2) is 5.76 Å². The Morgan fingerprint density at radius 1 is 1.25 bits per heavy atom. The number of carbonyl (C=O) groups excluding carboxylic acids is 2. The van der Waals surface area contributed by atoms with Gasteiger partial charge in [-0.3, -0.25) is 9.59 Å². The zero-order valence-electron chi connectivity index (χ0n) is 13.0. The van der Waals surface area contributed by atoms with Crippen molar-refractivity contribution in [2.45, 2.75) is 20.0 Å². The minimum Gasteiger partial charge on any atom is -0.459 e. The van der Waals surface area contributed by atoms with Crippen molar-refractivity contribution >= 4 is 23.2 Å². The van der Waals surface area contributed by atoms with Gasteiger partial charge in [0.1, 0.15) is 0 Å². The average Bonchev–Trinajstić information content (AvgIpc) is 3.04. The van der Waals surface area contributed by atoms with E-state index >= 15 is 0 Å². The Bertz CT molecular complexity index is 740. The maximum atomic E-state index is 12.6. The molecule has 24 heavy (non-hydrogen) atoms. The predicted molar refractivity (Wildman–Crippen MR) is 81.9 cm³/mol. The van der Waals surface area contributed by atoms with E-state index in [9.17, 15) is 22.8 Å². The van der Waals surface area contributed by atoms with Crippen LogP contribution in [0.1, 0.15) is 23.0 Å². The van der Waals surface area contributed by atoms with E-state index in [1.807, 2.05) is 0 Å². The van der Waals surface area contributed by atoms with Crippen LogP contribution < -0.4 is 10.2 Å². The van der Waals surface area contributed by atoms with Crippen LogP contribution in [0.3, 0.4) is 0 Å². The number of carbonyl (C=O) groups is 2. The van der Waals surface area contributed by atoms with Crippen molar-refractivity contribution in [3.8, 4) is 0 Å². The third-order valence-electron chi connectivity index (χ3n) is 3.32. The number of hydrogen-bond acceptors (Lipinski definition) is 3. The first-order valence-corrected chi connectivity index (χ1v) is 7.08. The predicted octanol–water partition coefficient (Wildman–Crippen LogP) is 3.76. The van der Waals surface area contributed by atoms with Crippen LogP contribution in [0.2, 0.25) is 0 Å². The van der Waals surface area contributed by atoms with E-state index in [0.29, 0.717) is 16.2 Å². The highest BCUT2D eigenvalue weighted by Crippen LogP contribution is 2.27. The topological polar surface area (TPSA) is 62.6 Å². The molecule has 0 fully saturated rings. The van der Waals surface area contributed by atoms with Crippen molar-refractivity contribution in [1.29, 1.82) is 0 Å². The van der Waals surface area contributed by atoms with E-state index in [-0.39, 0.29) is 18.0 Å². The summed E-state index contributed by atoms with van der Waals surface area (Å²) < 4.78 is 42.8. The van der Waals surface area contributed by atoms with Gasteiger partial charge >= 0.3 is 12.1 Å². The SMILES string of the molecule is CCN(C(=O)C(F)(F)F)c1ccc(NC(=O)c2ccco2)c(C)c1. The second kappa shape index (κ2) is 6.77. The number of halogens is 3. The summed E-state index contributed by atoms with van der Waals surface area (Å²) >= 11 is 0. The van der Waals surface area contributed by atoms with Gasteiger partial charge in [-0.05, 0) is 49.7 Å². The van der Waals surface area contributed by atoms with Gasteiger partial charge in [0, 0.05) is 17.9 Å². The van der Waals surface area contributed by atoms with E-state index in [1.54, 1.807) is 13.0 Å². The zero-order valence-corrected chi connectivity index (χ0v) is 13.0. The van der Waals surface area contributed by atoms with Gasteiger partial charge in [-0.2, -0.15) is 13.2 Å². The molecule has 0 saturated carbocycles. The molecule has 128 valence electrons. The van der Waals surface area contributed by atoms with Gasteiger partial charge < -0.3 is 14.6 Å². The Hall–Kier alpha value is -2.77. The summed E-state index contributed by atoms with van der Waals surface area (Å²) in [5, 5.41) is 2.60. The summed E-state index contributed by atoms with van der Waals surface area (Å²) in [7, 11) is 0. The molecule has 1 N–H and O–H groups in total. The number of rotatable bonds is 4.